The van der Waals surface area contributed by atoms with E-state index in [-0.39, 0.29) is 12.3 Å². The highest BCUT2D eigenvalue weighted by atomic mass is 79.9. The number of carbonyl (C=O) groups is 1. The average Bonchev–Trinajstić information content (AvgIpc) is 2.12. The van der Waals surface area contributed by atoms with Crippen molar-refractivity contribution in [2.24, 2.45) is 5.73 Å². The molecule has 0 amide bonds. The fourth-order valence-corrected chi connectivity index (χ4v) is 1.65. The molecule has 0 saturated carbocycles. The number of hydrogen-bond donors (Lipinski definition) is 1. The van der Waals surface area contributed by atoms with Gasteiger partial charge in [0.1, 0.15) is 0 Å². The van der Waals surface area contributed by atoms with Crippen LogP contribution in [0.4, 0.5) is 0 Å². The standard InChI is InChI=1S/C10H12BrNO/c1-6-3-8(10(13)5-12)4-9(11)7(6)2/h3-4H,5,12H2,1-2H3. The monoisotopic (exact) mass is 241 g/mol. The zero-order valence-electron chi connectivity index (χ0n) is 7.73. The summed E-state index contributed by atoms with van der Waals surface area (Å²) in [6.45, 7) is 4.05. The molecular weight excluding hydrogens is 230 g/mol. The second kappa shape index (κ2) is 4.03. The Morgan fingerprint density at radius 1 is 1.46 bits per heavy atom. The van der Waals surface area contributed by atoms with Crippen molar-refractivity contribution in [3.05, 3.63) is 33.3 Å². The van der Waals surface area contributed by atoms with Crippen molar-refractivity contribution in [3.63, 3.8) is 0 Å². The van der Waals surface area contributed by atoms with Crippen LogP contribution >= 0.6 is 15.9 Å². The maximum Gasteiger partial charge on any atom is 0.176 e. The van der Waals surface area contributed by atoms with Gasteiger partial charge in [0, 0.05) is 10.0 Å². The van der Waals surface area contributed by atoms with Crippen LogP contribution in [0.25, 0.3) is 0 Å². The third-order valence-corrected chi connectivity index (χ3v) is 2.94. The lowest BCUT2D eigenvalue weighted by Gasteiger charge is -2.05. The van der Waals surface area contributed by atoms with Gasteiger partial charge in [-0.3, -0.25) is 4.79 Å². The molecule has 0 atom stereocenters. The summed E-state index contributed by atoms with van der Waals surface area (Å²) >= 11 is 3.40. The van der Waals surface area contributed by atoms with E-state index in [1.807, 2.05) is 26.0 Å². The molecule has 1 rings (SSSR count). The van der Waals surface area contributed by atoms with E-state index < -0.39 is 0 Å². The number of rotatable bonds is 2. The van der Waals surface area contributed by atoms with Gasteiger partial charge in [0.2, 0.25) is 0 Å². The third-order valence-electron chi connectivity index (χ3n) is 2.11. The molecule has 0 aromatic heterocycles. The van der Waals surface area contributed by atoms with Crippen molar-refractivity contribution in [3.8, 4) is 0 Å². The highest BCUT2D eigenvalue weighted by Gasteiger charge is 2.07. The molecule has 0 bridgehead atoms. The van der Waals surface area contributed by atoms with Crippen LogP contribution in [0.3, 0.4) is 0 Å². The lowest BCUT2D eigenvalue weighted by atomic mass is 10.0. The van der Waals surface area contributed by atoms with E-state index in [2.05, 4.69) is 15.9 Å². The topological polar surface area (TPSA) is 43.1 Å². The van der Waals surface area contributed by atoms with E-state index in [0.29, 0.717) is 5.56 Å². The Morgan fingerprint density at radius 3 is 2.54 bits per heavy atom. The van der Waals surface area contributed by atoms with Crippen molar-refractivity contribution < 1.29 is 4.79 Å². The summed E-state index contributed by atoms with van der Waals surface area (Å²) in [5.74, 6) is -0.0243. The van der Waals surface area contributed by atoms with Crippen molar-refractivity contribution in [2.75, 3.05) is 6.54 Å². The maximum absolute atomic E-state index is 11.3. The molecule has 0 spiro atoms. The van der Waals surface area contributed by atoms with Crippen LogP contribution in [0.15, 0.2) is 16.6 Å². The van der Waals surface area contributed by atoms with Crippen molar-refractivity contribution in [1.82, 2.24) is 0 Å². The van der Waals surface area contributed by atoms with Gasteiger partial charge in [0.15, 0.2) is 5.78 Å². The molecule has 0 fully saturated rings. The summed E-state index contributed by atoms with van der Waals surface area (Å²) < 4.78 is 0.962. The summed E-state index contributed by atoms with van der Waals surface area (Å²) in [5, 5.41) is 0. The molecule has 0 aliphatic heterocycles. The van der Waals surface area contributed by atoms with Gasteiger partial charge in [0.25, 0.3) is 0 Å². The summed E-state index contributed by atoms with van der Waals surface area (Å²) in [6.07, 6.45) is 0. The van der Waals surface area contributed by atoms with E-state index >= 15 is 0 Å². The quantitative estimate of drug-likeness (QED) is 0.808. The Balaban J connectivity index is 3.20. The van der Waals surface area contributed by atoms with E-state index in [0.717, 1.165) is 15.6 Å². The predicted molar refractivity (Wildman–Crippen MR) is 57.0 cm³/mol. The zero-order valence-corrected chi connectivity index (χ0v) is 9.31. The summed E-state index contributed by atoms with van der Waals surface area (Å²) in [5.41, 5.74) is 8.22. The highest BCUT2D eigenvalue weighted by Crippen LogP contribution is 2.21. The van der Waals surface area contributed by atoms with Gasteiger partial charge in [0.05, 0.1) is 6.54 Å². The van der Waals surface area contributed by atoms with Gasteiger partial charge in [-0.05, 0) is 37.1 Å². The normalized spacial score (nSPS) is 10.2. The van der Waals surface area contributed by atoms with Crippen LogP contribution in [-0.4, -0.2) is 12.3 Å². The van der Waals surface area contributed by atoms with Gasteiger partial charge in [-0.2, -0.15) is 0 Å². The first kappa shape index (κ1) is 10.4. The first-order valence-electron chi connectivity index (χ1n) is 4.06. The molecule has 70 valence electrons. The summed E-state index contributed by atoms with van der Waals surface area (Å²) in [7, 11) is 0. The van der Waals surface area contributed by atoms with Crippen molar-refractivity contribution in [1.29, 1.82) is 0 Å². The summed E-state index contributed by atoms with van der Waals surface area (Å²) in [6, 6.07) is 3.69. The Bertz CT molecular complexity index is 324. The number of nitrogens with two attached hydrogens (primary N) is 1. The second-order valence-electron chi connectivity index (χ2n) is 3.03. The minimum Gasteiger partial charge on any atom is -0.324 e. The Hall–Kier alpha value is -0.670. The summed E-state index contributed by atoms with van der Waals surface area (Å²) in [4.78, 5) is 11.3. The SMILES string of the molecule is Cc1cc(C(=O)CN)cc(Br)c1C. The van der Waals surface area contributed by atoms with Gasteiger partial charge in [-0.1, -0.05) is 15.9 Å². The molecule has 0 heterocycles. The molecular formula is C10H12BrNO. The molecule has 13 heavy (non-hydrogen) atoms. The van der Waals surface area contributed by atoms with E-state index in [4.69, 9.17) is 5.73 Å². The molecule has 2 N–H and O–H groups in total. The Kier molecular flexibility index (Phi) is 3.22. The van der Waals surface area contributed by atoms with Crippen LogP contribution < -0.4 is 5.73 Å². The number of aryl methyl sites for hydroxylation is 1. The van der Waals surface area contributed by atoms with E-state index in [1.165, 1.54) is 0 Å². The minimum absolute atomic E-state index is 0.0243. The Morgan fingerprint density at radius 2 is 2.08 bits per heavy atom. The van der Waals surface area contributed by atoms with Crippen LogP contribution in [0, 0.1) is 13.8 Å². The van der Waals surface area contributed by atoms with Gasteiger partial charge in [-0.15, -0.1) is 0 Å². The van der Waals surface area contributed by atoms with Crippen molar-refractivity contribution >= 4 is 21.7 Å². The molecule has 0 aliphatic carbocycles. The molecule has 2 nitrogen and oxygen atoms in total. The predicted octanol–water partition coefficient (Wildman–Crippen LogP) is 2.21. The minimum atomic E-state index is -0.0243. The van der Waals surface area contributed by atoms with E-state index in [9.17, 15) is 4.79 Å². The fourth-order valence-electron chi connectivity index (χ4n) is 1.10. The first-order chi connectivity index (χ1) is 6.06. The van der Waals surface area contributed by atoms with Gasteiger partial charge >= 0.3 is 0 Å². The zero-order chi connectivity index (χ0) is 10.0. The highest BCUT2D eigenvalue weighted by molar-refractivity contribution is 9.10. The van der Waals surface area contributed by atoms with Gasteiger partial charge < -0.3 is 5.73 Å². The van der Waals surface area contributed by atoms with Crippen LogP contribution in [-0.2, 0) is 0 Å². The largest absolute Gasteiger partial charge is 0.324 e. The Labute approximate surface area is 86.3 Å². The lowest BCUT2D eigenvalue weighted by molar-refractivity contribution is 0.100. The first-order valence-corrected chi connectivity index (χ1v) is 4.85. The molecule has 0 aliphatic rings. The van der Waals surface area contributed by atoms with Crippen LogP contribution in [0.1, 0.15) is 21.5 Å². The van der Waals surface area contributed by atoms with E-state index in [1.54, 1.807) is 0 Å². The fraction of sp³-hybridized carbons (Fsp3) is 0.300. The molecule has 3 heteroatoms. The smallest absolute Gasteiger partial charge is 0.176 e. The molecule has 0 radical (unpaired) electrons. The van der Waals surface area contributed by atoms with Crippen LogP contribution in [0.5, 0.6) is 0 Å². The molecule has 0 unspecified atom stereocenters. The molecule has 1 aromatic carbocycles. The number of Topliss-reactive ketones (excluding diaryl/α,β-unsaturated/α-hetero) is 1. The number of benzene rings is 1. The number of halogens is 1. The second-order valence-corrected chi connectivity index (χ2v) is 3.88. The maximum atomic E-state index is 11.3. The third kappa shape index (κ3) is 2.17. The number of carbonyl (C=O) groups excluding carboxylic acids is 1. The molecule has 1 aromatic rings. The lowest BCUT2D eigenvalue weighted by Crippen LogP contribution is -2.13. The average molecular weight is 242 g/mol. The number of ketones is 1. The number of hydrogen-bond acceptors (Lipinski definition) is 2. The van der Waals surface area contributed by atoms with Gasteiger partial charge in [-0.25, -0.2) is 0 Å². The van der Waals surface area contributed by atoms with Crippen molar-refractivity contribution in [2.45, 2.75) is 13.8 Å². The van der Waals surface area contributed by atoms with Crippen LogP contribution in [0.2, 0.25) is 0 Å². The molecule has 0 saturated heterocycles.